The third-order valence-corrected chi connectivity index (χ3v) is 6.72. The Morgan fingerprint density at radius 1 is 1.21 bits per heavy atom. The van der Waals surface area contributed by atoms with Crippen molar-refractivity contribution in [1.82, 2.24) is 9.47 Å². The number of nitrogens with zero attached hydrogens (tertiary/aromatic N) is 3. The van der Waals surface area contributed by atoms with Gasteiger partial charge in [0.2, 0.25) is 0 Å². The Morgan fingerprint density at radius 3 is 2.64 bits per heavy atom. The van der Waals surface area contributed by atoms with Gasteiger partial charge in [-0.15, -0.1) is 0 Å². The van der Waals surface area contributed by atoms with Gasteiger partial charge in [-0.1, -0.05) is 54.3 Å². The van der Waals surface area contributed by atoms with Crippen LogP contribution in [0.5, 0.6) is 0 Å². The largest absolute Gasteiger partial charge is 0.467 e. The lowest BCUT2D eigenvalue weighted by Crippen LogP contribution is -2.27. The topological polar surface area (TPSA) is 91.3 Å². The predicted molar refractivity (Wildman–Crippen MR) is 132 cm³/mol. The zero-order valence-electron chi connectivity index (χ0n) is 18.0. The molecule has 1 aromatic carbocycles. The van der Waals surface area contributed by atoms with Gasteiger partial charge in [-0.25, -0.2) is 0 Å². The quantitative estimate of drug-likeness (QED) is 0.422. The number of thioether (sulfide) groups is 1. The molecular formula is C24H20N4O3S2. The summed E-state index contributed by atoms with van der Waals surface area (Å²) in [6.45, 7) is 2.41. The summed E-state index contributed by atoms with van der Waals surface area (Å²) in [6, 6.07) is 15.2. The van der Waals surface area contributed by atoms with Gasteiger partial charge >= 0.3 is 0 Å². The fourth-order valence-electron chi connectivity index (χ4n) is 3.56. The molecule has 0 unspecified atom stereocenters. The lowest BCUT2D eigenvalue weighted by molar-refractivity contribution is -0.122. The number of furan rings is 1. The first-order valence-corrected chi connectivity index (χ1v) is 11.3. The van der Waals surface area contributed by atoms with Crippen LogP contribution in [-0.2, 0) is 24.9 Å². The number of thiocarbonyl (C=S) groups is 1. The number of nitriles is 1. The van der Waals surface area contributed by atoms with Gasteiger partial charge in [0.1, 0.15) is 27.5 Å². The fourth-order valence-corrected chi connectivity index (χ4v) is 4.80. The minimum atomic E-state index is -0.411. The molecule has 0 atom stereocenters. The molecule has 1 fully saturated rings. The summed E-state index contributed by atoms with van der Waals surface area (Å²) in [5.41, 5.74) is 1.68. The molecule has 1 N–H and O–H groups in total. The van der Waals surface area contributed by atoms with Crippen LogP contribution in [0, 0.1) is 18.3 Å². The maximum Gasteiger partial charge on any atom is 0.270 e. The minimum absolute atomic E-state index is 0.0343. The van der Waals surface area contributed by atoms with Crippen molar-refractivity contribution in [1.29, 1.82) is 5.26 Å². The molecule has 0 saturated carbocycles. The van der Waals surface area contributed by atoms with E-state index in [0.29, 0.717) is 45.0 Å². The van der Waals surface area contributed by atoms with Crippen molar-refractivity contribution in [2.24, 2.45) is 7.05 Å². The molecule has 3 heterocycles. The van der Waals surface area contributed by atoms with Gasteiger partial charge in [0.25, 0.3) is 11.5 Å². The van der Waals surface area contributed by atoms with Crippen molar-refractivity contribution in [2.45, 2.75) is 20.0 Å². The summed E-state index contributed by atoms with van der Waals surface area (Å²) in [6.07, 6.45) is 3.27. The zero-order valence-corrected chi connectivity index (χ0v) is 19.6. The molecule has 3 aromatic rings. The summed E-state index contributed by atoms with van der Waals surface area (Å²) < 4.78 is 7.22. The number of carbonyl (C=O) groups is 1. The smallest absolute Gasteiger partial charge is 0.270 e. The van der Waals surface area contributed by atoms with Crippen LogP contribution in [0.3, 0.4) is 0 Å². The molecule has 33 heavy (non-hydrogen) atoms. The van der Waals surface area contributed by atoms with E-state index in [2.05, 4.69) is 5.32 Å². The molecule has 1 aliphatic rings. The van der Waals surface area contributed by atoms with E-state index in [4.69, 9.17) is 16.6 Å². The Labute approximate surface area is 200 Å². The Bertz CT molecular complexity index is 1350. The van der Waals surface area contributed by atoms with Crippen LogP contribution in [0.15, 0.2) is 62.8 Å². The predicted octanol–water partition coefficient (Wildman–Crippen LogP) is 4.17. The average Bonchev–Trinajstić information content (AvgIpc) is 3.42. The molecule has 0 spiro atoms. The Kier molecular flexibility index (Phi) is 6.49. The van der Waals surface area contributed by atoms with Crippen molar-refractivity contribution in [3.05, 3.63) is 92.0 Å². The first-order valence-electron chi connectivity index (χ1n) is 10.1. The van der Waals surface area contributed by atoms with E-state index >= 15 is 0 Å². The number of rotatable bonds is 6. The number of carbonyl (C=O) groups excluding carboxylic acids is 1. The molecule has 2 aromatic heterocycles. The average molecular weight is 477 g/mol. The highest BCUT2D eigenvalue weighted by Gasteiger charge is 2.32. The third kappa shape index (κ3) is 4.49. The molecule has 4 rings (SSSR count). The van der Waals surface area contributed by atoms with E-state index in [1.807, 2.05) is 42.5 Å². The molecule has 1 saturated heterocycles. The normalized spacial score (nSPS) is 14.7. The van der Waals surface area contributed by atoms with E-state index < -0.39 is 5.56 Å². The monoisotopic (exact) mass is 476 g/mol. The Balaban J connectivity index is 1.73. The van der Waals surface area contributed by atoms with Gasteiger partial charge in [-0.05, 0) is 36.3 Å². The fraction of sp³-hybridized carbons (Fsp3) is 0.167. The van der Waals surface area contributed by atoms with Crippen LogP contribution in [0.25, 0.3) is 6.08 Å². The van der Waals surface area contributed by atoms with E-state index in [0.717, 1.165) is 5.56 Å². The number of nitrogens with one attached hydrogen (secondary N) is 1. The molecule has 9 heteroatoms. The maximum absolute atomic E-state index is 13.2. The van der Waals surface area contributed by atoms with Gasteiger partial charge in [0, 0.05) is 12.6 Å². The highest BCUT2D eigenvalue weighted by atomic mass is 32.2. The number of pyridine rings is 1. The lowest BCUT2D eigenvalue weighted by atomic mass is 10.0. The van der Waals surface area contributed by atoms with Gasteiger partial charge < -0.3 is 9.73 Å². The lowest BCUT2D eigenvalue weighted by Gasteiger charge is -2.17. The van der Waals surface area contributed by atoms with Gasteiger partial charge in [-0.3, -0.25) is 19.1 Å². The second-order valence-corrected chi connectivity index (χ2v) is 9.10. The van der Waals surface area contributed by atoms with Crippen LogP contribution < -0.4 is 10.9 Å². The standard InChI is InChI=1S/C24H20N4O3S2/c1-15-18(11-20-23(30)28(24(32)33-20)14-16-7-4-3-5-8-16)21(26-13-17-9-6-10-31-17)27(2)22(29)19(15)12-25/h3-11,26H,13-14H2,1-2H3/b20-11-. The maximum atomic E-state index is 13.2. The van der Waals surface area contributed by atoms with Crippen molar-refractivity contribution >= 4 is 46.1 Å². The van der Waals surface area contributed by atoms with Crippen LogP contribution in [0.1, 0.15) is 28.0 Å². The summed E-state index contributed by atoms with van der Waals surface area (Å²) in [7, 11) is 1.59. The highest BCUT2D eigenvalue weighted by Crippen LogP contribution is 2.35. The number of hydrogen-bond donors (Lipinski definition) is 1. The molecular weight excluding hydrogens is 456 g/mol. The molecule has 0 bridgehead atoms. The minimum Gasteiger partial charge on any atom is -0.467 e. The van der Waals surface area contributed by atoms with Crippen molar-refractivity contribution in [2.75, 3.05) is 5.32 Å². The molecule has 166 valence electrons. The molecule has 1 aliphatic heterocycles. The summed E-state index contributed by atoms with van der Waals surface area (Å²) in [4.78, 5) is 27.9. The van der Waals surface area contributed by atoms with Crippen molar-refractivity contribution < 1.29 is 9.21 Å². The first-order chi connectivity index (χ1) is 15.9. The van der Waals surface area contributed by atoms with Crippen molar-refractivity contribution in [3.8, 4) is 6.07 Å². The van der Waals surface area contributed by atoms with Gasteiger partial charge in [-0.2, -0.15) is 5.26 Å². The number of amides is 1. The van der Waals surface area contributed by atoms with Crippen molar-refractivity contribution in [3.63, 3.8) is 0 Å². The number of anilines is 1. The van der Waals surface area contributed by atoms with E-state index in [1.54, 1.807) is 37.3 Å². The van der Waals surface area contributed by atoms with Crippen LogP contribution >= 0.6 is 24.0 Å². The van der Waals surface area contributed by atoms with E-state index in [1.165, 1.54) is 16.3 Å². The Hall–Kier alpha value is -3.61. The summed E-state index contributed by atoms with van der Waals surface area (Å²) in [5, 5.41) is 12.8. The second kappa shape index (κ2) is 9.48. The SMILES string of the molecule is Cc1c(/C=C2\SC(=S)N(Cc3ccccc3)C2=O)c(NCc2ccco2)n(C)c(=O)c1C#N. The highest BCUT2D eigenvalue weighted by molar-refractivity contribution is 8.26. The number of hydrogen-bond acceptors (Lipinski definition) is 7. The molecule has 0 aliphatic carbocycles. The van der Waals surface area contributed by atoms with Gasteiger partial charge in [0.15, 0.2) is 0 Å². The molecule has 1 amide bonds. The second-order valence-electron chi connectivity index (χ2n) is 7.42. The van der Waals surface area contributed by atoms with Crippen LogP contribution in [0.4, 0.5) is 5.82 Å². The van der Waals surface area contributed by atoms with Crippen LogP contribution in [0.2, 0.25) is 0 Å². The zero-order chi connectivity index (χ0) is 23.5. The van der Waals surface area contributed by atoms with E-state index in [-0.39, 0.29) is 11.5 Å². The third-order valence-electron chi connectivity index (χ3n) is 5.34. The van der Waals surface area contributed by atoms with E-state index in [9.17, 15) is 14.9 Å². The molecule has 7 nitrogen and oxygen atoms in total. The summed E-state index contributed by atoms with van der Waals surface area (Å²) >= 11 is 6.67. The molecule has 0 radical (unpaired) electrons. The van der Waals surface area contributed by atoms with Crippen LogP contribution in [-0.4, -0.2) is 19.7 Å². The number of benzene rings is 1. The Morgan fingerprint density at radius 2 is 1.97 bits per heavy atom. The number of aromatic nitrogens is 1. The first kappa shape index (κ1) is 22.6. The van der Waals surface area contributed by atoms with Gasteiger partial charge in [0.05, 0.1) is 24.3 Å². The summed E-state index contributed by atoms with van der Waals surface area (Å²) in [5.74, 6) is 0.962.